The largest absolute Gasteiger partial charge is 0.467 e. The van der Waals surface area contributed by atoms with Gasteiger partial charge in [0.05, 0.1) is 7.11 Å². The van der Waals surface area contributed by atoms with E-state index in [1.54, 1.807) is 20.8 Å². The number of rotatable bonds is 6. The molecule has 28 heavy (non-hydrogen) atoms. The van der Waals surface area contributed by atoms with Crippen molar-refractivity contribution < 1.29 is 19.1 Å². The Morgan fingerprint density at radius 1 is 0.964 bits per heavy atom. The molecule has 1 amide bonds. The first-order valence-corrected chi connectivity index (χ1v) is 12.0. The van der Waals surface area contributed by atoms with Crippen molar-refractivity contribution in [2.24, 2.45) is 0 Å². The summed E-state index contributed by atoms with van der Waals surface area (Å²) in [5.74, 6) is -0.476. The number of nitrogens with one attached hydrogen (secondary N) is 1. The van der Waals surface area contributed by atoms with Gasteiger partial charge in [-0.3, -0.25) is 0 Å². The molecule has 0 spiro atoms. The molecule has 6 heteroatoms. The lowest BCUT2D eigenvalue weighted by atomic mass is 10.2. The van der Waals surface area contributed by atoms with E-state index in [4.69, 9.17) is 9.47 Å². The topological polar surface area (TPSA) is 64.6 Å². The molecule has 0 aromatic heterocycles. The molecule has 0 aliphatic carbocycles. The molecule has 2 aromatic rings. The van der Waals surface area contributed by atoms with Gasteiger partial charge in [0.2, 0.25) is 0 Å². The Kier molecular flexibility index (Phi) is 7.02. The number of methoxy groups -OCH3 is 1. The lowest BCUT2D eigenvalue weighted by Crippen LogP contribution is -2.60. The normalized spacial score (nSPS) is 12.8. The number of amides is 1. The van der Waals surface area contributed by atoms with Crippen molar-refractivity contribution in [2.45, 2.75) is 45.0 Å². The first kappa shape index (κ1) is 21.7. The summed E-state index contributed by atoms with van der Waals surface area (Å²) in [6.45, 7) is 7.55. The van der Waals surface area contributed by atoms with Gasteiger partial charge in [0.1, 0.15) is 19.7 Å². The third kappa shape index (κ3) is 5.69. The maximum atomic E-state index is 12.5. The predicted octanol–water partition coefficient (Wildman–Crippen LogP) is 2.95. The summed E-state index contributed by atoms with van der Waals surface area (Å²) in [5, 5.41) is 5.08. The van der Waals surface area contributed by atoms with Crippen LogP contribution < -0.4 is 15.7 Å². The van der Waals surface area contributed by atoms with E-state index >= 15 is 0 Å². The first-order valence-electron chi connectivity index (χ1n) is 9.34. The molecular formula is C22H29NO4Si. The molecule has 2 rings (SSSR count). The molecule has 5 nitrogen and oxygen atoms in total. The third-order valence-corrected chi connectivity index (χ3v) is 9.05. The molecule has 0 saturated carbocycles. The predicted molar refractivity (Wildman–Crippen MR) is 114 cm³/mol. The van der Waals surface area contributed by atoms with Crippen LogP contribution in [0.4, 0.5) is 4.79 Å². The lowest BCUT2D eigenvalue weighted by molar-refractivity contribution is -0.142. The highest BCUT2D eigenvalue weighted by Crippen LogP contribution is 2.16. The van der Waals surface area contributed by atoms with Gasteiger partial charge in [0, 0.05) is 0 Å². The smallest absolute Gasteiger partial charge is 0.408 e. The highest BCUT2D eigenvalue weighted by Gasteiger charge is 2.38. The summed E-state index contributed by atoms with van der Waals surface area (Å²) in [7, 11) is -1.01. The number of alkyl carbamates (subject to hydrolysis) is 1. The molecule has 0 saturated heterocycles. The Morgan fingerprint density at radius 3 is 1.82 bits per heavy atom. The van der Waals surface area contributed by atoms with E-state index in [-0.39, 0.29) is 0 Å². The van der Waals surface area contributed by atoms with Gasteiger partial charge >= 0.3 is 12.1 Å². The quantitative estimate of drug-likeness (QED) is 0.599. The van der Waals surface area contributed by atoms with Crippen LogP contribution in [-0.2, 0) is 14.3 Å². The fourth-order valence-corrected chi connectivity index (χ4v) is 6.95. The Hall–Kier alpha value is -2.60. The average molecular weight is 400 g/mol. The van der Waals surface area contributed by atoms with Crippen molar-refractivity contribution in [3.05, 3.63) is 60.7 Å². The van der Waals surface area contributed by atoms with E-state index in [0.29, 0.717) is 6.04 Å². The van der Waals surface area contributed by atoms with Crippen LogP contribution in [0.1, 0.15) is 20.8 Å². The lowest BCUT2D eigenvalue weighted by Gasteiger charge is -2.32. The summed E-state index contributed by atoms with van der Waals surface area (Å²) in [4.78, 5) is 24.8. The summed E-state index contributed by atoms with van der Waals surface area (Å²) in [6, 6.07) is 19.9. The van der Waals surface area contributed by atoms with Crippen LogP contribution in [0, 0.1) is 0 Å². The maximum Gasteiger partial charge on any atom is 0.408 e. The van der Waals surface area contributed by atoms with Crippen molar-refractivity contribution in [1.82, 2.24) is 5.32 Å². The second-order valence-electron chi connectivity index (χ2n) is 7.99. The number of carbonyl (C=O) groups is 2. The molecule has 0 aliphatic rings. The van der Waals surface area contributed by atoms with Gasteiger partial charge in [0.25, 0.3) is 0 Å². The van der Waals surface area contributed by atoms with Gasteiger partial charge in [-0.1, -0.05) is 77.6 Å². The fourth-order valence-electron chi connectivity index (χ4n) is 3.21. The van der Waals surface area contributed by atoms with Crippen LogP contribution in [-0.4, -0.2) is 38.9 Å². The van der Waals surface area contributed by atoms with E-state index in [9.17, 15) is 9.59 Å². The molecule has 0 heterocycles. The molecule has 2 aromatic carbocycles. The minimum atomic E-state index is -2.34. The van der Waals surface area contributed by atoms with Crippen LogP contribution in [0.3, 0.4) is 0 Å². The zero-order chi connectivity index (χ0) is 20.8. The summed E-state index contributed by atoms with van der Waals surface area (Å²) in [6.07, 6.45) is -0.625. The SMILES string of the molecule is COC(=O)[C@@H](C[Si](C)(c1ccccc1)c1ccccc1)NC(=O)OC(C)(C)C. The minimum Gasteiger partial charge on any atom is -0.467 e. The molecule has 150 valence electrons. The van der Waals surface area contributed by atoms with E-state index < -0.39 is 31.8 Å². The van der Waals surface area contributed by atoms with E-state index in [0.717, 1.165) is 0 Å². The van der Waals surface area contributed by atoms with Crippen LogP contribution in [0.5, 0.6) is 0 Å². The van der Waals surface area contributed by atoms with Crippen LogP contribution in [0.2, 0.25) is 12.6 Å². The molecule has 0 fully saturated rings. The van der Waals surface area contributed by atoms with Crippen molar-refractivity contribution in [2.75, 3.05) is 7.11 Å². The van der Waals surface area contributed by atoms with Gasteiger partial charge in [0.15, 0.2) is 0 Å². The molecule has 0 aliphatic heterocycles. The fraction of sp³-hybridized carbons (Fsp3) is 0.364. The van der Waals surface area contributed by atoms with Crippen molar-refractivity contribution in [3.8, 4) is 0 Å². The second-order valence-corrected chi connectivity index (χ2v) is 12.2. The van der Waals surface area contributed by atoms with Crippen molar-refractivity contribution in [1.29, 1.82) is 0 Å². The zero-order valence-electron chi connectivity index (χ0n) is 17.2. The molecule has 1 atom stereocenters. The van der Waals surface area contributed by atoms with Gasteiger partial charge in [-0.15, -0.1) is 0 Å². The van der Waals surface area contributed by atoms with Gasteiger partial charge in [-0.2, -0.15) is 0 Å². The Morgan fingerprint density at radius 2 is 1.43 bits per heavy atom. The van der Waals surface area contributed by atoms with E-state index in [1.165, 1.54) is 17.5 Å². The zero-order valence-corrected chi connectivity index (χ0v) is 18.2. The number of benzene rings is 2. The summed E-state index contributed by atoms with van der Waals surface area (Å²) < 4.78 is 10.3. The molecule has 0 unspecified atom stereocenters. The first-order chi connectivity index (χ1) is 13.2. The number of esters is 1. The Balaban J connectivity index is 2.38. The van der Waals surface area contributed by atoms with Crippen molar-refractivity contribution >= 4 is 30.5 Å². The molecule has 1 N–H and O–H groups in total. The van der Waals surface area contributed by atoms with Crippen molar-refractivity contribution in [3.63, 3.8) is 0 Å². The monoisotopic (exact) mass is 399 g/mol. The highest BCUT2D eigenvalue weighted by atomic mass is 28.3. The molecular weight excluding hydrogens is 370 g/mol. The molecule has 0 bridgehead atoms. The van der Waals surface area contributed by atoms with Gasteiger partial charge in [-0.25, -0.2) is 9.59 Å². The second kappa shape index (κ2) is 9.06. The van der Waals surface area contributed by atoms with Crippen LogP contribution >= 0.6 is 0 Å². The standard InChI is InChI=1S/C22H29NO4Si/c1-22(2,3)27-21(25)23-19(20(24)26-4)16-28(5,17-12-8-6-9-13-17)18-14-10-7-11-15-18/h6-15,19H,16H2,1-5H3,(H,23,25)/t19-/m1/s1. The van der Waals surface area contributed by atoms with E-state index in [2.05, 4.69) is 36.1 Å². The molecule has 0 radical (unpaired) electrons. The van der Waals surface area contributed by atoms with Gasteiger partial charge in [-0.05, 0) is 26.8 Å². The Bertz CT molecular complexity index is 748. The average Bonchev–Trinajstić information content (AvgIpc) is 2.66. The number of hydrogen-bond acceptors (Lipinski definition) is 4. The maximum absolute atomic E-state index is 12.5. The minimum absolute atomic E-state index is 0.465. The third-order valence-electron chi connectivity index (χ3n) is 4.61. The highest BCUT2D eigenvalue weighted by molar-refractivity contribution is 7.01. The number of ether oxygens (including phenoxy) is 2. The number of hydrogen-bond donors (Lipinski definition) is 1. The van der Waals surface area contributed by atoms with Gasteiger partial charge < -0.3 is 14.8 Å². The summed E-state index contributed by atoms with van der Waals surface area (Å²) in [5.41, 5.74) is -0.648. The number of carbonyl (C=O) groups excluding carboxylic acids is 2. The van der Waals surface area contributed by atoms with E-state index in [1.807, 2.05) is 36.4 Å². The van der Waals surface area contributed by atoms with Crippen LogP contribution in [0.25, 0.3) is 0 Å². The Labute approximate surface area is 168 Å². The van der Waals surface area contributed by atoms with Crippen LogP contribution in [0.15, 0.2) is 60.7 Å². The summed E-state index contributed by atoms with van der Waals surface area (Å²) >= 11 is 0.